The zero-order valence-corrected chi connectivity index (χ0v) is 38.3. The number of anilines is 4. The predicted octanol–water partition coefficient (Wildman–Crippen LogP) is 11.2. The van der Waals surface area contributed by atoms with E-state index in [1.165, 1.54) is 42.8 Å². The van der Waals surface area contributed by atoms with Crippen molar-refractivity contribution in [1.82, 2.24) is 29.7 Å². The lowest BCUT2D eigenvalue weighted by Gasteiger charge is -2.26. The highest BCUT2D eigenvalue weighted by molar-refractivity contribution is 7.19. The smallest absolute Gasteiger partial charge is 0.157 e. The van der Waals surface area contributed by atoms with Crippen LogP contribution in [0.5, 0.6) is 0 Å². The Hall–Kier alpha value is -4.16. The minimum Gasteiger partial charge on any atom is -0.395 e. The molecular formula is C47H52N8O3S4. The van der Waals surface area contributed by atoms with E-state index in [0.717, 1.165) is 102 Å². The number of pyridine rings is 2. The summed E-state index contributed by atoms with van der Waals surface area (Å²) in [5, 5.41) is 18.8. The van der Waals surface area contributed by atoms with Gasteiger partial charge in [-0.2, -0.15) is 0 Å². The van der Waals surface area contributed by atoms with Gasteiger partial charge in [-0.15, -0.1) is 45.3 Å². The SMILES string of the molecule is CC1C(c2cc3c(Nc4ccc5scnc5c4)ccnc3s2)CCN1CCO.CC1C(c2cc3c(Nc4ccc5scnc5c4)ccnc3s2)CCN1CCOC1CCCCO1. The van der Waals surface area contributed by atoms with E-state index in [4.69, 9.17) is 9.47 Å². The molecule has 9 heterocycles. The number of fused-ring (bicyclic) bond motifs is 4. The Kier molecular flexibility index (Phi) is 12.7. The normalized spacial score (nSPS) is 22.2. The highest BCUT2D eigenvalue weighted by Gasteiger charge is 2.34. The maximum Gasteiger partial charge on any atom is 0.157 e. The van der Waals surface area contributed by atoms with E-state index in [2.05, 4.69) is 109 Å². The molecule has 15 heteroatoms. The van der Waals surface area contributed by atoms with Crippen molar-refractivity contribution in [2.24, 2.45) is 0 Å². The van der Waals surface area contributed by atoms with E-state index in [9.17, 15) is 5.11 Å². The lowest BCUT2D eigenvalue weighted by molar-refractivity contribution is -0.164. The molecule has 5 atom stereocenters. The minimum atomic E-state index is -0.00160. The monoisotopic (exact) mass is 904 g/mol. The van der Waals surface area contributed by atoms with Gasteiger partial charge in [-0.3, -0.25) is 9.80 Å². The maximum absolute atomic E-state index is 9.28. The van der Waals surface area contributed by atoms with Crippen molar-refractivity contribution in [3.8, 4) is 0 Å². The van der Waals surface area contributed by atoms with Crippen LogP contribution in [0.1, 0.15) is 67.5 Å². The van der Waals surface area contributed by atoms with Gasteiger partial charge in [0.1, 0.15) is 9.66 Å². The van der Waals surface area contributed by atoms with E-state index in [0.29, 0.717) is 23.9 Å². The van der Waals surface area contributed by atoms with E-state index < -0.39 is 0 Å². The predicted molar refractivity (Wildman–Crippen MR) is 258 cm³/mol. The van der Waals surface area contributed by atoms with Crippen molar-refractivity contribution in [2.75, 3.05) is 56.6 Å². The molecule has 0 radical (unpaired) electrons. The molecule has 0 amide bonds. The number of hydrogen-bond acceptors (Lipinski definition) is 15. The Balaban J connectivity index is 0.000000151. The fourth-order valence-corrected chi connectivity index (χ4v) is 13.2. The number of rotatable bonds is 12. The van der Waals surface area contributed by atoms with E-state index in [1.54, 1.807) is 34.0 Å². The summed E-state index contributed by atoms with van der Waals surface area (Å²) < 4.78 is 14.1. The number of thiazole rings is 2. The van der Waals surface area contributed by atoms with Crippen LogP contribution in [0.2, 0.25) is 0 Å². The molecule has 0 bridgehead atoms. The molecule has 0 spiro atoms. The first kappa shape index (κ1) is 41.8. The topological polar surface area (TPSA) is 121 Å². The molecule has 11 nitrogen and oxygen atoms in total. The number of aromatic nitrogens is 4. The Bertz CT molecular complexity index is 2760. The maximum atomic E-state index is 9.28. The second-order valence-corrected chi connectivity index (χ2v) is 20.4. The quantitative estimate of drug-likeness (QED) is 0.109. The first-order valence-corrected chi connectivity index (χ1v) is 25.2. The standard InChI is InChI=1S/C26H30N4O2S2.C21H22N4OS2/c1-17-19(8-10-30(17)11-13-32-25-4-2-3-12-31-25)24-15-20-21(7-9-27-26(20)34-24)29-18-5-6-23-22(14-18)28-16-33-23;1-13-15(5-7-25(13)8-9-26)20-11-16-17(4-6-22-21(16)28-20)24-14-2-3-19-18(10-14)23-12-27-19/h5-7,9,14-17,19,25H,2-4,8,10-13H2,1H3,(H,27,29);2-4,6,10-13,15,26H,5,7-9H2,1H3,(H,22,24). The van der Waals surface area contributed by atoms with Gasteiger partial charge in [0.15, 0.2) is 6.29 Å². The number of aliphatic hydroxyl groups excluding tert-OH is 1. The molecule has 3 saturated heterocycles. The number of hydrogen-bond donors (Lipinski definition) is 3. The zero-order valence-electron chi connectivity index (χ0n) is 35.0. The van der Waals surface area contributed by atoms with Crippen LogP contribution in [0.25, 0.3) is 40.9 Å². The number of nitrogens with one attached hydrogen (secondary N) is 2. The van der Waals surface area contributed by atoms with Crippen molar-refractivity contribution in [1.29, 1.82) is 0 Å². The van der Waals surface area contributed by atoms with E-state index >= 15 is 0 Å². The molecule has 5 unspecified atom stereocenters. The van der Waals surface area contributed by atoms with Gasteiger partial charge >= 0.3 is 0 Å². The van der Waals surface area contributed by atoms with E-state index in [1.807, 2.05) is 40.8 Å². The molecule has 11 rings (SSSR count). The first-order chi connectivity index (χ1) is 30.5. The Labute approximate surface area is 377 Å². The van der Waals surface area contributed by atoms with Crippen LogP contribution in [0.4, 0.5) is 22.7 Å². The van der Waals surface area contributed by atoms with Crippen LogP contribution in [0.3, 0.4) is 0 Å². The number of aliphatic hydroxyl groups is 1. The summed E-state index contributed by atoms with van der Waals surface area (Å²) in [6, 6.07) is 22.4. The molecule has 3 fully saturated rings. The Morgan fingerprint density at radius 1 is 0.694 bits per heavy atom. The van der Waals surface area contributed by atoms with Crippen LogP contribution in [0.15, 0.2) is 84.1 Å². The molecule has 62 heavy (non-hydrogen) atoms. The second kappa shape index (κ2) is 18.9. The van der Waals surface area contributed by atoms with E-state index in [-0.39, 0.29) is 12.9 Å². The van der Waals surface area contributed by atoms with Gasteiger partial charge < -0.3 is 25.2 Å². The third-order valence-corrected chi connectivity index (χ3v) is 16.8. The zero-order chi connectivity index (χ0) is 42.0. The van der Waals surface area contributed by atoms with Crippen molar-refractivity contribution in [2.45, 2.75) is 76.2 Å². The highest BCUT2D eigenvalue weighted by Crippen LogP contribution is 2.43. The summed E-state index contributed by atoms with van der Waals surface area (Å²) in [6.07, 6.45) is 9.49. The third-order valence-electron chi connectivity index (χ3n) is 12.8. The van der Waals surface area contributed by atoms with Crippen molar-refractivity contribution < 1.29 is 14.6 Å². The van der Waals surface area contributed by atoms with Crippen molar-refractivity contribution >= 4 is 109 Å². The average molecular weight is 905 g/mol. The number of nitrogens with zero attached hydrogens (tertiary/aromatic N) is 6. The van der Waals surface area contributed by atoms with Crippen LogP contribution in [0, 0.1) is 0 Å². The third kappa shape index (κ3) is 8.97. The minimum absolute atomic E-state index is 0.00160. The van der Waals surface area contributed by atoms with Crippen LogP contribution >= 0.6 is 45.3 Å². The molecule has 3 aliphatic rings. The number of thiophene rings is 2. The lowest BCUT2D eigenvalue weighted by atomic mass is 9.99. The largest absolute Gasteiger partial charge is 0.395 e. The summed E-state index contributed by atoms with van der Waals surface area (Å²) in [6.45, 7) is 10.3. The second-order valence-electron chi connectivity index (χ2n) is 16.5. The summed E-state index contributed by atoms with van der Waals surface area (Å²) in [5.41, 5.74) is 10.1. The number of β-amino-alcohol motifs (C(OH)–C–C–N with tert-alkyl or cyclic N) is 1. The van der Waals surface area contributed by atoms with Gasteiger partial charge in [-0.25, -0.2) is 19.9 Å². The summed E-state index contributed by atoms with van der Waals surface area (Å²) in [7, 11) is 0. The molecule has 8 aromatic rings. The van der Waals surface area contributed by atoms with Crippen LogP contribution in [-0.4, -0.2) is 99.2 Å². The number of ether oxygens (including phenoxy) is 2. The van der Waals surface area contributed by atoms with Gasteiger partial charge in [0.25, 0.3) is 0 Å². The fourth-order valence-electron chi connectivity index (χ4n) is 9.35. The molecule has 322 valence electrons. The fraction of sp³-hybridized carbons (Fsp3) is 0.404. The van der Waals surface area contributed by atoms with Gasteiger partial charge in [0.05, 0.1) is 56.0 Å². The van der Waals surface area contributed by atoms with Gasteiger partial charge in [-0.1, -0.05) is 0 Å². The summed E-state index contributed by atoms with van der Waals surface area (Å²) in [5.74, 6) is 1.04. The summed E-state index contributed by atoms with van der Waals surface area (Å²) >= 11 is 6.96. The van der Waals surface area contributed by atoms with Crippen LogP contribution < -0.4 is 10.6 Å². The molecule has 6 aromatic heterocycles. The molecular weight excluding hydrogens is 853 g/mol. The Morgan fingerprint density at radius 3 is 1.79 bits per heavy atom. The van der Waals surface area contributed by atoms with Gasteiger partial charge in [0.2, 0.25) is 0 Å². The first-order valence-electron chi connectivity index (χ1n) is 21.8. The lowest BCUT2D eigenvalue weighted by Crippen LogP contribution is -2.34. The highest BCUT2D eigenvalue weighted by atomic mass is 32.1. The van der Waals surface area contributed by atoms with Crippen molar-refractivity contribution in [3.05, 3.63) is 93.8 Å². The average Bonchev–Trinajstić information content (AvgIpc) is 4.16. The summed E-state index contributed by atoms with van der Waals surface area (Å²) in [4.78, 5) is 28.1. The molecule has 2 aromatic carbocycles. The molecule has 0 aliphatic carbocycles. The van der Waals surface area contributed by atoms with Gasteiger partial charge in [0, 0.05) is 87.9 Å². The Morgan fingerprint density at radius 2 is 1.26 bits per heavy atom. The molecule has 3 N–H and O–H groups in total. The molecule has 3 aliphatic heterocycles. The van der Waals surface area contributed by atoms with Crippen molar-refractivity contribution in [3.63, 3.8) is 0 Å². The number of likely N-dealkylation sites (tertiary alicyclic amines) is 2. The molecule has 0 saturated carbocycles. The van der Waals surface area contributed by atoms with Crippen LogP contribution in [-0.2, 0) is 9.47 Å². The van der Waals surface area contributed by atoms with Gasteiger partial charge in [-0.05, 0) is 120 Å². The number of benzene rings is 2.